The number of likely N-dealkylation sites (tertiary alicyclic amines) is 1. The van der Waals surface area contributed by atoms with Gasteiger partial charge in [0, 0.05) is 12.7 Å². The fourth-order valence-corrected chi connectivity index (χ4v) is 2.96. The largest absolute Gasteiger partial charge is 0.326 e. The number of halogens is 2. The number of hydrogen-bond acceptors (Lipinski definition) is 3. The van der Waals surface area contributed by atoms with E-state index in [-0.39, 0.29) is 5.56 Å². The molecule has 1 aromatic carbocycles. The van der Waals surface area contributed by atoms with Crippen molar-refractivity contribution in [3.05, 3.63) is 60.0 Å². The summed E-state index contributed by atoms with van der Waals surface area (Å²) in [6, 6.07) is 11.7. The minimum atomic E-state index is -2.77. The van der Waals surface area contributed by atoms with E-state index in [1.807, 2.05) is 22.8 Å². The van der Waals surface area contributed by atoms with Gasteiger partial charge in [-0.3, -0.25) is 4.79 Å². The molecule has 2 aromatic heterocycles. The monoisotopic (exact) mass is 342 g/mol. The zero-order valence-electron chi connectivity index (χ0n) is 13.4. The summed E-state index contributed by atoms with van der Waals surface area (Å²) in [6.45, 7) is -0.343. The van der Waals surface area contributed by atoms with Crippen molar-refractivity contribution in [2.75, 3.05) is 13.1 Å². The molecule has 0 spiro atoms. The molecule has 0 aliphatic carbocycles. The smallest absolute Gasteiger partial charge is 0.282 e. The number of pyridine rings is 1. The lowest BCUT2D eigenvalue weighted by atomic mass is 10.1. The molecule has 25 heavy (non-hydrogen) atoms. The Balaban J connectivity index is 1.50. The number of nitrogens with zero attached hydrogens (tertiary/aromatic N) is 4. The minimum absolute atomic E-state index is 0.288. The maximum atomic E-state index is 12.9. The highest BCUT2D eigenvalue weighted by molar-refractivity contribution is 5.96. The Morgan fingerprint density at radius 3 is 2.64 bits per heavy atom. The number of carbonyl (C=O) groups excluding carboxylic acids is 1. The normalized spacial score (nSPS) is 16.0. The summed E-state index contributed by atoms with van der Waals surface area (Å²) < 4.78 is 27.8. The maximum Gasteiger partial charge on any atom is 0.282 e. The Morgan fingerprint density at radius 1 is 1.16 bits per heavy atom. The Labute approximate surface area is 142 Å². The Morgan fingerprint density at radius 2 is 1.92 bits per heavy atom. The van der Waals surface area contributed by atoms with Crippen LogP contribution < -0.4 is 0 Å². The fourth-order valence-electron chi connectivity index (χ4n) is 2.96. The van der Waals surface area contributed by atoms with Crippen LogP contribution in [0.1, 0.15) is 15.9 Å². The lowest BCUT2D eigenvalue weighted by Gasteiger charge is -2.38. The zero-order valence-corrected chi connectivity index (χ0v) is 13.4. The van der Waals surface area contributed by atoms with Crippen molar-refractivity contribution in [1.29, 1.82) is 0 Å². The molecule has 3 heterocycles. The predicted molar refractivity (Wildman–Crippen MR) is 88.5 cm³/mol. The molecule has 0 bridgehead atoms. The summed E-state index contributed by atoms with van der Waals surface area (Å²) in [5.74, 6) is -3.20. The average Bonchev–Trinajstić information content (AvgIpc) is 3.00. The maximum absolute atomic E-state index is 12.9. The average molecular weight is 342 g/mol. The quantitative estimate of drug-likeness (QED) is 0.733. The van der Waals surface area contributed by atoms with Crippen LogP contribution in [0.15, 0.2) is 48.9 Å². The summed E-state index contributed by atoms with van der Waals surface area (Å²) >= 11 is 0. The van der Waals surface area contributed by atoms with Gasteiger partial charge < -0.3 is 9.47 Å². The molecule has 3 aromatic rings. The molecule has 5 nitrogen and oxygen atoms in total. The van der Waals surface area contributed by atoms with Crippen molar-refractivity contribution in [2.24, 2.45) is 0 Å². The Kier molecular flexibility index (Phi) is 3.71. The van der Waals surface area contributed by atoms with Crippen LogP contribution in [0.25, 0.3) is 11.2 Å². The lowest BCUT2D eigenvalue weighted by molar-refractivity contribution is -0.113. The zero-order chi connectivity index (χ0) is 17.4. The lowest BCUT2D eigenvalue weighted by Crippen LogP contribution is -2.58. The molecule has 1 aliphatic heterocycles. The summed E-state index contributed by atoms with van der Waals surface area (Å²) in [7, 11) is 0. The van der Waals surface area contributed by atoms with Gasteiger partial charge in [-0.05, 0) is 18.1 Å². The van der Waals surface area contributed by atoms with Crippen molar-refractivity contribution in [3.8, 4) is 0 Å². The van der Waals surface area contributed by atoms with Gasteiger partial charge in [-0.15, -0.1) is 0 Å². The second kappa shape index (κ2) is 5.91. The molecule has 0 saturated carbocycles. The van der Waals surface area contributed by atoms with Gasteiger partial charge >= 0.3 is 0 Å². The number of aromatic nitrogens is 3. The van der Waals surface area contributed by atoms with Gasteiger partial charge in [0.25, 0.3) is 11.8 Å². The number of imidazole rings is 1. The van der Waals surface area contributed by atoms with E-state index < -0.39 is 24.9 Å². The predicted octanol–water partition coefficient (Wildman–Crippen LogP) is 2.77. The number of carbonyl (C=O) groups is 1. The molecule has 1 amide bonds. The first-order chi connectivity index (χ1) is 12.0. The number of rotatable bonds is 4. The molecule has 4 rings (SSSR count). The van der Waals surface area contributed by atoms with Gasteiger partial charge in [0.15, 0.2) is 5.65 Å². The van der Waals surface area contributed by atoms with E-state index in [2.05, 4.69) is 22.1 Å². The standard InChI is InChI=1S/C18H16F2N4O/c19-18(20)10-24(11-18)17(25)14-8-15-16(21-9-14)23(12-22-15)7-6-13-4-2-1-3-5-13/h1-5,8-9,12H,6-7,10-11H2. The van der Waals surface area contributed by atoms with Gasteiger partial charge in [0.1, 0.15) is 5.52 Å². The summed E-state index contributed by atoms with van der Waals surface area (Å²) in [6.07, 6.45) is 3.96. The van der Waals surface area contributed by atoms with Crippen LogP contribution in [0.3, 0.4) is 0 Å². The topological polar surface area (TPSA) is 51.0 Å². The number of benzene rings is 1. The van der Waals surface area contributed by atoms with Gasteiger partial charge in [0.05, 0.1) is 25.0 Å². The third-order valence-corrected chi connectivity index (χ3v) is 4.32. The van der Waals surface area contributed by atoms with E-state index in [4.69, 9.17) is 0 Å². The van der Waals surface area contributed by atoms with Crippen LogP contribution >= 0.6 is 0 Å². The third kappa shape index (κ3) is 3.09. The van der Waals surface area contributed by atoms with E-state index >= 15 is 0 Å². The van der Waals surface area contributed by atoms with Crippen molar-refractivity contribution in [3.63, 3.8) is 0 Å². The van der Waals surface area contributed by atoms with Crippen molar-refractivity contribution < 1.29 is 13.6 Å². The fraction of sp³-hybridized carbons (Fsp3) is 0.278. The van der Waals surface area contributed by atoms with Crippen LogP contribution in [0, 0.1) is 0 Å². The minimum Gasteiger partial charge on any atom is -0.326 e. The highest BCUT2D eigenvalue weighted by Gasteiger charge is 2.46. The number of hydrogen-bond donors (Lipinski definition) is 0. The van der Waals surface area contributed by atoms with Gasteiger partial charge in [-0.2, -0.15) is 0 Å². The SMILES string of the molecule is O=C(c1cnc2c(c1)ncn2CCc1ccccc1)N1CC(F)(F)C1. The van der Waals surface area contributed by atoms with E-state index in [0.29, 0.717) is 11.2 Å². The molecule has 0 atom stereocenters. The molecular formula is C18H16F2N4O. The van der Waals surface area contributed by atoms with E-state index in [9.17, 15) is 13.6 Å². The molecule has 1 fully saturated rings. The first-order valence-corrected chi connectivity index (χ1v) is 8.04. The second-order valence-corrected chi connectivity index (χ2v) is 6.26. The van der Waals surface area contributed by atoms with Crippen LogP contribution in [0.2, 0.25) is 0 Å². The Bertz CT molecular complexity index is 915. The van der Waals surface area contributed by atoms with Crippen LogP contribution in [0.5, 0.6) is 0 Å². The van der Waals surface area contributed by atoms with E-state index in [0.717, 1.165) is 17.9 Å². The molecule has 128 valence electrons. The first-order valence-electron chi connectivity index (χ1n) is 8.04. The van der Waals surface area contributed by atoms with Crippen molar-refractivity contribution in [1.82, 2.24) is 19.4 Å². The number of amides is 1. The summed E-state index contributed by atoms with van der Waals surface area (Å²) in [4.78, 5) is 21.9. The Hall–Kier alpha value is -2.83. The summed E-state index contributed by atoms with van der Waals surface area (Å²) in [5.41, 5.74) is 2.78. The van der Waals surface area contributed by atoms with E-state index in [1.165, 1.54) is 11.8 Å². The van der Waals surface area contributed by atoms with Gasteiger partial charge in [-0.25, -0.2) is 18.7 Å². The summed E-state index contributed by atoms with van der Waals surface area (Å²) in [5, 5.41) is 0. The molecular weight excluding hydrogens is 326 g/mol. The molecule has 0 N–H and O–H groups in total. The first kappa shape index (κ1) is 15.7. The number of alkyl halides is 2. The molecule has 1 aliphatic rings. The van der Waals surface area contributed by atoms with Crippen molar-refractivity contribution >= 4 is 17.1 Å². The van der Waals surface area contributed by atoms with Crippen LogP contribution in [-0.4, -0.2) is 44.4 Å². The van der Waals surface area contributed by atoms with Gasteiger partial charge in [0.2, 0.25) is 0 Å². The van der Waals surface area contributed by atoms with Crippen molar-refractivity contribution in [2.45, 2.75) is 18.9 Å². The highest BCUT2D eigenvalue weighted by Crippen LogP contribution is 2.28. The van der Waals surface area contributed by atoms with Crippen LogP contribution in [-0.2, 0) is 13.0 Å². The molecule has 1 saturated heterocycles. The number of fused-ring (bicyclic) bond motifs is 1. The molecule has 0 radical (unpaired) electrons. The van der Waals surface area contributed by atoms with Crippen LogP contribution in [0.4, 0.5) is 8.78 Å². The highest BCUT2D eigenvalue weighted by atomic mass is 19.3. The third-order valence-electron chi connectivity index (χ3n) is 4.32. The van der Waals surface area contributed by atoms with Gasteiger partial charge in [-0.1, -0.05) is 30.3 Å². The molecule has 7 heteroatoms. The second-order valence-electron chi connectivity index (χ2n) is 6.26. The van der Waals surface area contributed by atoms with E-state index in [1.54, 1.807) is 12.4 Å². The number of aryl methyl sites for hydroxylation is 2. The molecule has 0 unspecified atom stereocenters.